The summed E-state index contributed by atoms with van der Waals surface area (Å²) in [5, 5.41) is 0. The van der Waals surface area contributed by atoms with E-state index in [0.29, 0.717) is 12.2 Å². The summed E-state index contributed by atoms with van der Waals surface area (Å²) in [4.78, 5) is 0.281. The first kappa shape index (κ1) is 17.5. The molecule has 4 heteroatoms. The Labute approximate surface area is 139 Å². The van der Waals surface area contributed by atoms with Crippen LogP contribution in [0.5, 0.6) is 5.75 Å². The van der Waals surface area contributed by atoms with Crippen LogP contribution in [0.3, 0.4) is 0 Å². The van der Waals surface area contributed by atoms with Crippen molar-refractivity contribution in [2.24, 2.45) is 0 Å². The highest BCUT2D eigenvalue weighted by atomic mass is 32.2. The van der Waals surface area contributed by atoms with Gasteiger partial charge in [0, 0.05) is 0 Å². The molecule has 0 heterocycles. The van der Waals surface area contributed by atoms with E-state index < -0.39 is 9.84 Å². The van der Waals surface area contributed by atoms with Gasteiger partial charge in [-0.05, 0) is 35.1 Å². The van der Waals surface area contributed by atoms with Gasteiger partial charge in [0.2, 0.25) is 0 Å². The lowest BCUT2D eigenvalue weighted by Gasteiger charge is -2.21. The highest BCUT2D eigenvalue weighted by Gasteiger charge is 2.23. The van der Waals surface area contributed by atoms with Crippen LogP contribution in [0.1, 0.15) is 31.9 Å². The fraction of sp³-hybridized carbons (Fsp3) is 0.368. The lowest BCUT2D eigenvalue weighted by atomic mass is 9.87. The Morgan fingerprint density at radius 2 is 1.65 bits per heavy atom. The van der Waals surface area contributed by atoms with Gasteiger partial charge in [-0.25, -0.2) is 8.42 Å². The third kappa shape index (κ3) is 4.35. The van der Waals surface area contributed by atoms with E-state index in [0.717, 1.165) is 11.1 Å². The van der Waals surface area contributed by atoms with Gasteiger partial charge in [-0.1, -0.05) is 57.2 Å². The van der Waals surface area contributed by atoms with Crippen LogP contribution in [0, 0.1) is 0 Å². The summed E-state index contributed by atoms with van der Waals surface area (Å²) in [5.74, 6) is 0.479. The minimum absolute atomic E-state index is 0.0704. The van der Waals surface area contributed by atoms with Gasteiger partial charge >= 0.3 is 0 Å². The van der Waals surface area contributed by atoms with E-state index in [9.17, 15) is 8.42 Å². The normalized spacial score (nSPS) is 12.2. The molecule has 0 aliphatic rings. The first-order valence-corrected chi connectivity index (χ1v) is 9.34. The highest BCUT2D eigenvalue weighted by molar-refractivity contribution is 7.91. The molecular weight excluding hydrogens is 308 g/mol. The molecule has 0 unspecified atom stereocenters. The Bertz CT molecular complexity index is 757. The smallest absolute Gasteiger partial charge is 0.182 e. The minimum Gasteiger partial charge on any atom is -0.495 e. The first-order valence-electron chi connectivity index (χ1n) is 7.69. The number of sulfone groups is 1. The quantitative estimate of drug-likeness (QED) is 0.831. The molecule has 0 aromatic heterocycles. The van der Waals surface area contributed by atoms with Gasteiger partial charge in [-0.2, -0.15) is 0 Å². The Hall–Kier alpha value is -1.81. The molecule has 0 aliphatic carbocycles. The zero-order chi connectivity index (χ0) is 17.1. The van der Waals surface area contributed by atoms with Crippen LogP contribution in [-0.4, -0.2) is 21.3 Å². The van der Waals surface area contributed by atoms with Crippen LogP contribution in [0.2, 0.25) is 0 Å². The van der Waals surface area contributed by atoms with E-state index in [4.69, 9.17) is 4.74 Å². The zero-order valence-electron chi connectivity index (χ0n) is 14.2. The lowest BCUT2D eigenvalue weighted by molar-refractivity contribution is 0.402. The van der Waals surface area contributed by atoms with E-state index in [2.05, 4.69) is 20.8 Å². The van der Waals surface area contributed by atoms with Gasteiger partial charge in [0.05, 0.1) is 12.9 Å². The predicted molar refractivity (Wildman–Crippen MR) is 93.9 cm³/mol. The van der Waals surface area contributed by atoms with Crippen molar-refractivity contribution >= 4 is 9.84 Å². The van der Waals surface area contributed by atoms with Gasteiger partial charge in [0.15, 0.2) is 9.84 Å². The van der Waals surface area contributed by atoms with Gasteiger partial charge in [0.1, 0.15) is 10.6 Å². The van der Waals surface area contributed by atoms with Crippen molar-refractivity contribution in [3.63, 3.8) is 0 Å². The number of aryl methyl sites for hydroxylation is 1. The molecule has 3 nitrogen and oxygen atoms in total. The average Bonchev–Trinajstić information content (AvgIpc) is 2.52. The Morgan fingerprint density at radius 1 is 1.00 bits per heavy atom. The molecule has 0 N–H and O–H groups in total. The standard InChI is InChI=1S/C19H24O3S/c1-19(2,3)16-10-11-17(22-4)18(14-16)23(20,21)13-12-15-8-6-5-7-9-15/h5-11,14H,12-13H2,1-4H3. The number of rotatable bonds is 5. The van der Waals surface area contributed by atoms with E-state index >= 15 is 0 Å². The number of methoxy groups -OCH3 is 1. The summed E-state index contributed by atoms with van der Waals surface area (Å²) in [6, 6.07) is 15.1. The molecule has 2 aromatic carbocycles. The Morgan fingerprint density at radius 3 is 2.22 bits per heavy atom. The topological polar surface area (TPSA) is 43.4 Å². The molecule has 124 valence electrons. The summed E-state index contributed by atoms with van der Waals surface area (Å²) in [7, 11) is -1.91. The largest absolute Gasteiger partial charge is 0.495 e. The number of hydrogen-bond donors (Lipinski definition) is 0. The van der Waals surface area contributed by atoms with Gasteiger partial charge in [-0.3, -0.25) is 0 Å². The van der Waals surface area contributed by atoms with Crippen LogP contribution in [0.4, 0.5) is 0 Å². The van der Waals surface area contributed by atoms with Crippen LogP contribution >= 0.6 is 0 Å². The second-order valence-electron chi connectivity index (χ2n) is 6.67. The van der Waals surface area contributed by atoms with E-state index in [-0.39, 0.29) is 16.1 Å². The monoisotopic (exact) mass is 332 g/mol. The summed E-state index contributed by atoms with van der Waals surface area (Å²) in [5.41, 5.74) is 1.88. The van der Waals surface area contributed by atoms with Gasteiger partial charge < -0.3 is 4.74 Å². The highest BCUT2D eigenvalue weighted by Crippen LogP contribution is 2.31. The molecule has 0 spiro atoms. The second-order valence-corrected chi connectivity index (χ2v) is 8.75. The van der Waals surface area contributed by atoms with E-state index in [1.807, 2.05) is 36.4 Å². The molecule has 0 saturated heterocycles. The molecule has 0 fully saturated rings. The Kier molecular flexibility index (Phi) is 5.15. The average molecular weight is 332 g/mol. The first-order chi connectivity index (χ1) is 10.7. The zero-order valence-corrected chi connectivity index (χ0v) is 15.0. The lowest BCUT2D eigenvalue weighted by Crippen LogP contribution is -2.15. The van der Waals surface area contributed by atoms with Crippen molar-refractivity contribution in [1.82, 2.24) is 0 Å². The number of ether oxygens (including phenoxy) is 1. The minimum atomic E-state index is -3.41. The molecule has 0 saturated carbocycles. The number of benzene rings is 2. The number of hydrogen-bond acceptors (Lipinski definition) is 3. The summed E-state index contributed by atoms with van der Waals surface area (Å²) < 4.78 is 30.8. The van der Waals surface area contributed by atoms with Crippen molar-refractivity contribution < 1.29 is 13.2 Å². The molecule has 0 amide bonds. The molecular formula is C19H24O3S. The van der Waals surface area contributed by atoms with Crippen LogP contribution in [0.15, 0.2) is 53.4 Å². The molecule has 0 bridgehead atoms. The van der Waals surface area contributed by atoms with E-state index in [1.165, 1.54) is 7.11 Å². The Balaban J connectivity index is 2.34. The third-order valence-electron chi connectivity index (χ3n) is 3.87. The van der Waals surface area contributed by atoms with Crippen molar-refractivity contribution in [3.8, 4) is 5.75 Å². The van der Waals surface area contributed by atoms with Crippen molar-refractivity contribution in [2.75, 3.05) is 12.9 Å². The van der Waals surface area contributed by atoms with Crippen LogP contribution in [-0.2, 0) is 21.7 Å². The summed E-state index contributed by atoms with van der Waals surface area (Å²) in [6.07, 6.45) is 0.492. The van der Waals surface area contributed by atoms with Gasteiger partial charge in [0.25, 0.3) is 0 Å². The van der Waals surface area contributed by atoms with Crippen molar-refractivity contribution in [2.45, 2.75) is 37.5 Å². The maximum atomic E-state index is 12.8. The molecule has 2 rings (SSSR count). The fourth-order valence-corrected chi connectivity index (χ4v) is 3.88. The maximum Gasteiger partial charge on any atom is 0.182 e. The fourth-order valence-electron chi connectivity index (χ4n) is 2.39. The maximum absolute atomic E-state index is 12.8. The predicted octanol–water partition coefficient (Wildman–Crippen LogP) is 4.01. The molecule has 0 aliphatic heterocycles. The SMILES string of the molecule is COc1ccc(C(C)(C)C)cc1S(=O)(=O)CCc1ccccc1. The molecule has 2 aromatic rings. The molecule has 0 atom stereocenters. The second kappa shape index (κ2) is 6.75. The van der Waals surface area contributed by atoms with Crippen molar-refractivity contribution in [3.05, 3.63) is 59.7 Å². The van der Waals surface area contributed by atoms with Crippen LogP contribution < -0.4 is 4.74 Å². The molecule has 0 radical (unpaired) electrons. The third-order valence-corrected chi connectivity index (χ3v) is 5.60. The van der Waals surface area contributed by atoms with Gasteiger partial charge in [-0.15, -0.1) is 0 Å². The summed E-state index contributed by atoms with van der Waals surface area (Å²) in [6.45, 7) is 6.19. The van der Waals surface area contributed by atoms with Crippen LogP contribution in [0.25, 0.3) is 0 Å². The molecule has 23 heavy (non-hydrogen) atoms. The summed E-state index contributed by atoms with van der Waals surface area (Å²) >= 11 is 0. The van der Waals surface area contributed by atoms with E-state index in [1.54, 1.807) is 12.1 Å². The van der Waals surface area contributed by atoms with Crippen molar-refractivity contribution in [1.29, 1.82) is 0 Å².